The van der Waals surface area contributed by atoms with Crippen LogP contribution >= 0.6 is 0 Å². The Morgan fingerprint density at radius 3 is 2.52 bits per heavy atom. The fraction of sp³-hybridized carbons (Fsp3) is 0.889. The van der Waals surface area contributed by atoms with E-state index >= 15 is 0 Å². The third-order valence-corrected chi connectivity index (χ3v) is 5.48. The van der Waals surface area contributed by atoms with Crippen molar-refractivity contribution < 1.29 is 14.3 Å². The fourth-order valence-electron chi connectivity index (χ4n) is 3.97. The molecule has 0 aromatic carbocycles. The van der Waals surface area contributed by atoms with Gasteiger partial charge in [-0.15, -0.1) is 0 Å². The van der Waals surface area contributed by atoms with Crippen molar-refractivity contribution in [1.29, 1.82) is 0 Å². The topological polar surface area (TPSA) is 73.9 Å². The number of carbonyl (C=O) groups is 2. The Balaban J connectivity index is 1.33. The van der Waals surface area contributed by atoms with E-state index in [0.717, 1.165) is 39.1 Å². The Hall–Kier alpha value is -1.18. The van der Waals surface area contributed by atoms with Gasteiger partial charge in [0.2, 0.25) is 11.8 Å². The second-order valence-corrected chi connectivity index (χ2v) is 7.49. The quantitative estimate of drug-likeness (QED) is 0.726. The molecular formula is C18H32N4O3. The van der Waals surface area contributed by atoms with Crippen molar-refractivity contribution in [3.63, 3.8) is 0 Å². The van der Waals surface area contributed by atoms with Gasteiger partial charge in [0, 0.05) is 51.2 Å². The smallest absolute Gasteiger partial charge is 0.234 e. The lowest BCUT2D eigenvalue weighted by Crippen LogP contribution is -2.53. The minimum atomic E-state index is 0.134. The van der Waals surface area contributed by atoms with E-state index in [4.69, 9.17) is 4.74 Å². The van der Waals surface area contributed by atoms with Crippen LogP contribution in [0.15, 0.2) is 0 Å². The van der Waals surface area contributed by atoms with Crippen LogP contribution < -0.4 is 10.6 Å². The van der Waals surface area contributed by atoms with E-state index in [9.17, 15) is 9.59 Å². The van der Waals surface area contributed by atoms with Crippen LogP contribution in [-0.4, -0.2) is 86.2 Å². The van der Waals surface area contributed by atoms with Gasteiger partial charge in [-0.3, -0.25) is 14.5 Å². The van der Waals surface area contributed by atoms with Gasteiger partial charge in [-0.1, -0.05) is 19.3 Å². The average Bonchev–Trinajstić information content (AvgIpc) is 2.64. The van der Waals surface area contributed by atoms with Crippen LogP contribution in [0.3, 0.4) is 0 Å². The largest absolute Gasteiger partial charge is 0.378 e. The number of hydrogen-bond acceptors (Lipinski definition) is 5. The average molecular weight is 352 g/mol. The van der Waals surface area contributed by atoms with Gasteiger partial charge >= 0.3 is 0 Å². The predicted octanol–water partition coefficient (Wildman–Crippen LogP) is -0.0420. The Morgan fingerprint density at radius 2 is 1.84 bits per heavy atom. The fourth-order valence-corrected chi connectivity index (χ4v) is 3.97. The van der Waals surface area contributed by atoms with Gasteiger partial charge in [0.15, 0.2) is 0 Å². The number of morpholine rings is 1. The number of piperazine rings is 1. The van der Waals surface area contributed by atoms with Crippen molar-refractivity contribution in [1.82, 2.24) is 20.4 Å². The molecule has 0 bridgehead atoms. The van der Waals surface area contributed by atoms with Gasteiger partial charge in [0.05, 0.1) is 19.8 Å². The molecule has 2 N–H and O–H groups in total. The Morgan fingerprint density at radius 1 is 1.08 bits per heavy atom. The first-order valence-corrected chi connectivity index (χ1v) is 9.81. The standard InChI is InChI=1S/C18H32N4O3/c23-17(20-15-4-2-1-3-5-15)13-21-7-9-22(10-8-21)18(24)12-16-14-25-11-6-19-16/h15-16,19H,1-14H2,(H,20,23). The van der Waals surface area contributed by atoms with Crippen molar-refractivity contribution in [2.75, 3.05) is 52.5 Å². The summed E-state index contributed by atoms with van der Waals surface area (Å²) in [6.07, 6.45) is 6.49. The van der Waals surface area contributed by atoms with Gasteiger partial charge in [-0.25, -0.2) is 0 Å². The maximum atomic E-state index is 12.4. The van der Waals surface area contributed by atoms with E-state index in [0.29, 0.717) is 38.7 Å². The Labute approximate surface area is 150 Å². The Kier molecular flexibility index (Phi) is 7.07. The number of ether oxygens (including phenoxy) is 1. The van der Waals surface area contributed by atoms with Gasteiger partial charge < -0.3 is 20.3 Å². The number of nitrogens with zero attached hydrogens (tertiary/aromatic N) is 2. The van der Waals surface area contributed by atoms with Crippen LogP contribution in [0.4, 0.5) is 0 Å². The van der Waals surface area contributed by atoms with Crippen molar-refractivity contribution in [3.8, 4) is 0 Å². The highest BCUT2D eigenvalue weighted by atomic mass is 16.5. The number of rotatable bonds is 5. The van der Waals surface area contributed by atoms with Crippen LogP contribution in [0.5, 0.6) is 0 Å². The summed E-state index contributed by atoms with van der Waals surface area (Å²) in [4.78, 5) is 28.7. The highest BCUT2D eigenvalue weighted by Crippen LogP contribution is 2.17. The molecule has 1 saturated carbocycles. The van der Waals surface area contributed by atoms with Gasteiger partial charge in [-0.2, -0.15) is 0 Å². The van der Waals surface area contributed by atoms with E-state index in [2.05, 4.69) is 15.5 Å². The third-order valence-electron chi connectivity index (χ3n) is 5.48. The molecule has 1 atom stereocenters. The monoisotopic (exact) mass is 352 g/mol. The van der Waals surface area contributed by atoms with E-state index in [1.165, 1.54) is 19.3 Å². The van der Waals surface area contributed by atoms with E-state index in [-0.39, 0.29) is 17.9 Å². The molecule has 7 heteroatoms. The van der Waals surface area contributed by atoms with E-state index in [1.54, 1.807) is 0 Å². The van der Waals surface area contributed by atoms with Crippen LogP contribution in [0.25, 0.3) is 0 Å². The third kappa shape index (κ3) is 5.94. The highest BCUT2D eigenvalue weighted by Gasteiger charge is 2.26. The maximum absolute atomic E-state index is 12.4. The van der Waals surface area contributed by atoms with Gasteiger partial charge in [-0.05, 0) is 12.8 Å². The molecule has 2 aliphatic heterocycles. The van der Waals surface area contributed by atoms with Crippen LogP contribution in [0.2, 0.25) is 0 Å². The molecule has 3 rings (SSSR count). The summed E-state index contributed by atoms with van der Waals surface area (Å²) >= 11 is 0. The summed E-state index contributed by atoms with van der Waals surface area (Å²) < 4.78 is 5.41. The maximum Gasteiger partial charge on any atom is 0.234 e. The van der Waals surface area contributed by atoms with Crippen molar-refractivity contribution in [2.45, 2.75) is 50.6 Å². The molecule has 3 fully saturated rings. The molecule has 1 aliphatic carbocycles. The molecule has 0 spiro atoms. The zero-order chi connectivity index (χ0) is 17.5. The van der Waals surface area contributed by atoms with Crippen LogP contribution in [0.1, 0.15) is 38.5 Å². The number of amides is 2. The lowest BCUT2D eigenvalue weighted by atomic mass is 9.95. The summed E-state index contributed by atoms with van der Waals surface area (Å²) in [5.74, 6) is 0.324. The van der Waals surface area contributed by atoms with Crippen LogP contribution in [-0.2, 0) is 14.3 Å². The highest BCUT2D eigenvalue weighted by molar-refractivity contribution is 5.79. The molecular weight excluding hydrogens is 320 g/mol. The molecule has 3 aliphatic rings. The van der Waals surface area contributed by atoms with Crippen molar-refractivity contribution in [3.05, 3.63) is 0 Å². The first-order valence-electron chi connectivity index (χ1n) is 9.81. The number of carbonyl (C=O) groups excluding carboxylic acids is 2. The van der Waals surface area contributed by atoms with Gasteiger partial charge in [0.25, 0.3) is 0 Å². The lowest BCUT2D eigenvalue weighted by Gasteiger charge is -2.35. The zero-order valence-corrected chi connectivity index (χ0v) is 15.2. The summed E-state index contributed by atoms with van der Waals surface area (Å²) in [6, 6.07) is 0.509. The first-order chi connectivity index (χ1) is 12.2. The summed E-state index contributed by atoms with van der Waals surface area (Å²) in [5, 5.41) is 6.50. The molecule has 2 heterocycles. The molecule has 0 aromatic heterocycles. The predicted molar refractivity (Wildman–Crippen MR) is 95.3 cm³/mol. The molecule has 0 aromatic rings. The SMILES string of the molecule is O=C(CN1CCN(C(=O)CC2COCCN2)CC1)NC1CCCCC1. The molecule has 0 radical (unpaired) electrons. The molecule has 2 saturated heterocycles. The summed E-state index contributed by atoms with van der Waals surface area (Å²) in [7, 11) is 0. The zero-order valence-electron chi connectivity index (χ0n) is 15.2. The molecule has 2 amide bonds. The van der Waals surface area contributed by atoms with E-state index < -0.39 is 0 Å². The number of nitrogens with one attached hydrogen (secondary N) is 2. The second-order valence-electron chi connectivity index (χ2n) is 7.49. The van der Waals surface area contributed by atoms with Crippen LogP contribution in [0, 0.1) is 0 Å². The van der Waals surface area contributed by atoms with Gasteiger partial charge in [0.1, 0.15) is 0 Å². The minimum Gasteiger partial charge on any atom is -0.378 e. The normalized spacial score (nSPS) is 26.4. The van der Waals surface area contributed by atoms with Crippen molar-refractivity contribution in [2.24, 2.45) is 0 Å². The first kappa shape index (κ1) is 18.6. The molecule has 142 valence electrons. The van der Waals surface area contributed by atoms with Crippen molar-refractivity contribution >= 4 is 11.8 Å². The summed E-state index contributed by atoms with van der Waals surface area (Å²) in [5.41, 5.74) is 0. The lowest BCUT2D eigenvalue weighted by molar-refractivity contribution is -0.134. The second kappa shape index (κ2) is 9.50. The molecule has 7 nitrogen and oxygen atoms in total. The summed E-state index contributed by atoms with van der Waals surface area (Å²) in [6.45, 7) is 5.60. The molecule has 25 heavy (non-hydrogen) atoms. The van der Waals surface area contributed by atoms with E-state index in [1.807, 2.05) is 4.90 Å². The minimum absolute atomic E-state index is 0.134. The molecule has 1 unspecified atom stereocenters. The Bertz CT molecular complexity index is 440. The number of hydrogen-bond donors (Lipinski definition) is 2.